The molecule has 0 bridgehead atoms. The number of rotatable bonds is 6. The molecule has 2 atom stereocenters. The van der Waals surface area contributed by atoms with Crippen molar-refractivity contribution in [3.05, 3.63) is 24.4 Å². The van der Waals surface area contributed by atoms with Gasteiger partial charge < -0.3 is 10.2 Å². The highest BCUT2D eigenvalue weighted by Gasteiger charge is 2.26. The summed E-state index contributed by atoms with van der Waals surface area (Å²) in [6, 6.07) is 0.638. The second kappa shape index (κ2) is 10.1. The Morgan fingerprint density at radius 3 is 2.42 bits per heavy atom. The molecule has 1 fully saturated rings. The van der Waals surface area contributed by atoms with Crippen molar-refractivity contribution in [2.45, 2.75) is 53.0 Å². The second-order valence-electron chi connectivity index (χ2n) is 5.85. The maximum atomic E-state index is 4.07. The van der Waals surface area contributed by atoms with E-state index in [2.05, 4.69) is 56.9 Å². The van der Waals surface area contributed by atoms with Gasteiger partial charge in [-0.15, -0.1) is 0 Å². The molecule has 19 heavy (non-hydrogen) atoms. The predicted octanol–water partition coefficient (Wildman–Crippen LogP) is 4.06. The van der Waals surface area contributed by atoms with Crippen molar-refractivity contribution in [3.63, 3.8) is 0 Å². The zero-order valence-electron chi connectivity index (χ0n) is 13.9. The summed E-state index contributed by atoms with van der Waals surface area (Å²) in [5, 5.41) is 3.54. The lowest BCUT2D eigenvalue weighted by Gasteiger charge is -2.16. The largest absolute Gasteiger partial charge is 0.383 e. The van der Waals surface area contributed by atoms with E-state index in [-0.39, 0.29) is 0 Å². The standard InChI is InChI=1S/C15H28N2.C2H6/c1-12(2)14-8-9-15(11-14)16-13(3)7-6-10-17(4)5;1-2/h6-7,12,14-16H,3,8-11H2,1-2,4-5H3;1-2H3/b7-6+;. The van der Waals surface area contributed by atoms with E-state index in [9.17, 15) is 0 Å². The molecular formula is C17H34N2. The Labute approximate surface area is 121 Å². The van der Waals surface area contributed by atoms with Crippen LogP contribution in [0.1, 0.15) is 47.0 Å². The SMILES string of the molecule is C=C(/C=C/CN(C)C)NC1CCC(C(C)C)C1.CC. The minimum atomic E-state index is 0.638. The Morgan fingerprint density at radius 2 is 1.95 bits per heavy atom. The molecule has 112 valence electrons. The molecule has 2 heteroatoms. The van der Waals surface area contributed by atoms with E-state index in [1.807, 2.05) is 13.8 Å². The van der Waals surface area contributed by atoms with Crippen LogP contribution in [0.2, 0.25) is 0 Å². The Morgan fingerprint density at radius 1 is 1.32 bits per heavy atom. The van der Waals surface area contributed by atoms with Gasteiger partial charge in [0.25, 0.3) is 0 Å². The summed E-state index contributed by atoms with van der Waals surface area (Å²) >= 11 is 0. The molecule has 0 heterocycles. The first-order valence-corrected chi connectivity index (χ1v) is 7.75. The number of likely N-dealkylation sites (N-methyl/N-ethyl adjacent to an activating group) is 1. The molecule has 1 N–H and O–H groups in total. The lowest BCUT2D eigenvalue weighted by molar-refractivity contribution is 0.386. The highest BCUT2D eigenvalue weighted by atomic mass is 15.0. The van der Waals surface area contributed by atoms with E-state index in [1.54, 1.807) is 0 Å². The molecule has 0 aliphatic heterocycles. The lowest BCUT2D eigenvalue weighted by Crippen LogP contribution is -2.25. The molecule has 0 spiro atoms. The van der Waals surface area contributed by atoms with Crippen LogP contribution in [-0.4, -0.2) is 31.6 Å². The summed E-state index contributed by atoms with van der Waals surface area (Å²) in [6.45, 7) is 13.7. The van der Waals surface area contributed by atoms with Crippen LogP contribution < -0.4 is 5.32 Å². The van der Waals surface area contributed by atoms with Gasteiger partial charge >= 0.3 is 0 Å². The van der Waals surface area contributed by atoms with Gasteiger partial charge in [-0.25, -0.2) is 0 Å². The van der Waals surface area contributed by atoms with Gasteiger partial charge in [0.1, 0.15) is 0 Å². The van der Waals surface area contributed by atoms with Gasteiger partial charge in [0.15, 0.2) is 0 Å². The summed E-state index contributed by atoms with van der Waals surface area (Å²) in [7, 11) is 4.15. The van der Waals surface area contributed by atoms with E-state index in [0.717, 1.165) is 24.1 Å². The molecule has 2 unspecified atom stereocenters. The smallest absolute Gasteiger partial charge is 0.0266 e. The van der Waals surface area contributed by atoms with Gasteiger partial charge in [-0.2, -0.15) is 0 Å². The summed E-state index contributed by atoms with van der Waals surface area (Å²) < 4.78 is 0. The van der Waals surface area contributed by atoms with Crippen molar-refractivity contribution >= 4 is 0 Å². The van der Waals surface area contributed by atoms with Crippen molar-refractivity contribution in [2.24, 2.45) is 11.8 Å². The van der Waals surface area contributed by atoms with Gasteiger partial charge in [-0.1, -0.05) is 40.3 Å². The lowest BCUT2D eigenvalue weighted by atomic mass is 9.94. The second-order valence-corrected chi connectivity index (χ2v) is 5.85. The zero-order valence-corrected chi connectivity index (χ0v) is 13.9. The van der Waals surface area contributed by atoms with Gasteiger partial charge in [0.05, 0.1) is 0 Å². The van der Waals surface area contributed by atoms with Gasteiger partial charge in [0, 0.05) is 18.3 Å². The van der Waals surface area contributed by atoms with Crippen LogP contribution in [0.25, 0.3) is 0 Å². The fraction of sp³-hybridized carbons (Fsp3) is 0.765. The monoisotopic (exact) mass is 266 g/mol. The van der Waals surface area contributed by atoms with Crippen LogP contribution in [0.4, 0.5) is 0 Å². The molecule has 1 rings (SSSR count). The topological polar surface area (TPSA) is 15.3 Å². The molecular weight excluding hydrogens is 232 g/mol. The first-order valence-electron chi connectivity index (χ1n) is 7.75. The van der Waals surface area contributed by atoms with Gasteiger partial charge in [0.2, 0.25) is 0 Å². The maximum absolute atomic E-state index is 4.07. The molecule has 0 amide bonds. The third-order valence-corrected chi connectivity index (χ3v) is 3.60. The molecule has 0 aromatic carbocycles. The van der Waals surface area contributed by atoms with Crippen LogP contribution in [0.3, 0.4) is 0 Å². The predicted molar refractivity (Wildman–Crippen MR) is 87.3 cm³/mol. The first-order chi connectivity index (χ1) is 8.99. The van der Waals surface area contributed by atoms with Crippen molar-refractivity contribution in [2.75, 3.05) is 20.6 Å². The maximum Gasteiger partial charge on any atom is 0.0266 e. The van der Waals surface area contributed by atoms with E-state index < -0.39 is 0 Å². The van der Waals surface area contributed by atoms with Crippen LogP contribution in [0, 0.1) is 11.8 Å². The fourth-order valence-corrected chi connectivity index (χ4v) is 2.47. The van der Waals surface area contributed by atoms with Crippen molar-refractivity contribution in [3.8, 4) is 0 Å². The molecule has 0 radical (unpaired) electrons. The van der Waals surface area contributed by atoms with Crippen molar-refractivity contribution in [1.29, 1.82) is 0 Å². The first kappa shape index (κ1) is 18.2. The average Bonchev–Trinajstić information content (AvgIpc) is 2.79. The van der Waals surface area contributed by atoms with Gasteiger partial charge in [-0.3, -0.25) is 0 Å². The summed E-state index contributed by atoms with van der Waals surface area (Å²) in [4.78, 5) is 2.15. The Kier molecular flexibility index (Phi) is 9.68. The minimum absolute atomic E-state index is 0.638. The number of allylic oxidation sites excluding steroid dienone is 1. The number of hydrogen-bond donors (Lipinski definition) is 1. The Balaban J connectivity index is 0.00000154. The average molecular weight is 266 g/mol. The normalized spacial score (nSPS) is 22.7. The molecule has 2 nitrogen and oxygen atoms in total. The van der Waals surface area contributed by atoms with E-state index in [4.69, 9.17) is 0 Å². The molecule has 1 aliphatic rings. The number of nitrogens with zero attached hydrogens (tertiary/aromatic N) is 1. The number of nitrogens with one attached hydrogen (secondary N) is 1. The van der Waals surface area contributed by atoms with Crippen LogP contribution >= 0.6 is 0 Å². The molecule has 1 aliphatic carbocycles. The number of hydrogen-bond acceptors (Lipinski definition) is 2. The van der Waals surface area contributed by atoms with E-state index >= 15 is 0 Å². The van der Waals surface area contributed by atoms with Gasteiger partial charge in [-0.05, 0) is 51.3 Å². The highest BCUT2D eigenvalue weighted by molar-refractivity contribution is 5.14. The summed E-state index contributed by atoms with van der Waals surface area (Å²) in [5.74, 6) is 1.71. The Hall–Kier alpha value is -0.760. The molecule has 0 aromatic rings. The summed E-state index contributed by atoms with van der Waals surface area (Å²) in [5.41, 5.74) is 1.06. The minimum Gasteiger partial charge on any atom is -0.383 e. The Bertz CT molecular complexity index is 266. The van der Waals surface area contributed by atoms with E-state index in [0.29, 0.717) is 6.04 Å². The quantitative estimate of drug-likeness (QED) is 0.729. The van der Waals surface area contributed by atoms with Crippen molar-refractivity contribution < 1.29 is 0 Å². The van der Waals surface area contributed by atoms with Crippen LogP contribution in [0.5, 0.6) is 0 Å². The van der Waals surface area contributed by atoms with E-state index in [1.165, 1.54) is 19.3 Å². The molecule has 0 saturated heterocycles. The third-order valence-electron chi connectivity index (χ3n) is 3.60. The molecule has 0 aromatic heterocycles. The summed E-state index contributed by atoms with van der Waals surface area (Å²) in [6.07, 6.45) is 8.22. The van der Waals surface area contributed by atoms with Crippen LogP contribution in [0.15, 0.2) is 24.4 Å². The van der Waals surface area contributed by atoms with Crippen LogP contribution in [-0.2, 0) is 0 Å². The zero-order chi connectivity index (χ0) is 14.8. The van der Waals surface area contributed by atoms with Crippen molar-refractivity contribution in [1.82, 2.24) is 10.2 Å². The highest BCUT2D eigenvalue weighted by Crippen LogP contribution is 2.31. The fourth-order valence-electron chi connectivity index (χ4n) is 2.47. The molecule has 1 saturated carbocycles. The third kappa shape index (κ3) is 8.10.